The van der Waals surface area contributed by atoms with Gasteiger partial charge in [0.2, 0.25) is 0 Å². The minimum absolute atomic E-state index is 0.122. The van der Waals surface area contributed by atoms with E-state index in [4.69, 9.17) is 0 Å². The van der Waals surface area contributed by atoms with Gasteiger partial charge in [-0.2, -0.15) is 0 Å². The molecule has 6 nitrogen and oxygen atoms in total. The van der Waals surface area contributed by atoms with Gasteiger partial charge in [0.05, 0.1) is 5.75 Å². The monoisotopic (exact) mass is 418 g/mol. The van der Waals surface area contributed by atoms with Crippen molar-refractivity contribution < 1.29 is 22.4 Å². The van der Waals surface area contributed by atoms with Gasteiger partial charge in [0, 0.05) is 43.6 Å². The van der Waals surface area contributed by atoms with Crippen LogP contribution in [0.5, 0.6) is 0 Å². The highest BCUT2D eigenvalue weighted by molar-refractivity contribution is 7.89. The van der Waals surface area contributed by atoms with E-state index in [1.807, 2.05) is 0 Å². The molecule has 0 saturated carbocycles. The van der Waals surface area contributed by atoms with Gasteiger partial charge in [0.15, 0.2) is 9.84 Å². The number of amides is 2. The molecule has 0 atom stereocenters. The minimum Gasteiger partial charge on any atom is -0.335 e. The third-order valence-corrected chi connectivity index (χ3v) is 5.73. The summed E-state index contributed by atoms with van der Waals surface area (Å²) in [4.78, 5) is 28.6. The average molecular weight is 418 g/mol. The van der Waals surface area contributed by atoms with Crippen LogP contribution in [0.3, 0.4) is 0 Å². The second kappa shape index (κ2) is 8.32. The molecule has 1 aliphatic heterocycles. The highest BCUT2D eigenvalue weighted by atomic mass is 32.2. The number of rotatable bonds is 4. The normalized spacial score (nSPS) is 14.7. The van der Waals surface area contributed by atoms with Crippen LogP contribution in [0.1, 0.15) is 31.8 Å². The van der Waals surface area contributed by atoms with Gasteiger partial charge in [-0.05, 0) is 42.3 Å². The zero-order valence-corrected chi connectivity index (χ0v) is 17.2. The first-order chi connectivity index (χ1) is 13.6. The number of sulfone groups is 1. The molecular weight excluding hydrogens is 395 g/mol. The maximum Gasteiger partial charge on any atom is 0.254 e. The second-order valence-corrected chi connectivity index (χ2v) is 9.46. The molecule has 1 heterocycles. The lowest BCUT2D eigenvalue weighted by atomic mass is 10.1. The molecule has 3 rings (SSSR count). The van der Waals surface area contributed by atoms with Gasteiger partial charge in [0.25, 0.3) is 11.8 Å². The van der Waals surface area contributed by atoms with Crippen LogP contribution in [0.4, 0.5) is 4.39 Å². The molecule has 0 bridgehead atoms. The Balaban J connectivity index is 1.64. The van der Waals surface area contributed by atoms with Gasteiger partial charge in [-0.25, -0.2) is 12.8 Å². The van der Waals surface area contributed by atoms with E-state index in [1.54, 1.807) is 53.1 Å². The Hall–Kier alpha value is -2.74. The third kappa shape index (κ3) is 5.20. The SMILES string of the molecule is Cc1ccc(C(=O)N2CCN(C(=O)c3cccc(CS(C)(=O)=O)c3)CC2)cc1F. The van der Waals surface area contributed by atoms with Crippen molar-refractivity contribution in [1.82, 2.24) is 9.80 Å². The molecule has 0 unspecified atom stereocenters. The van der Waals surface area contributed by atoms with Crippen LogP contribution in [-0.2, 0) is 15.6 Å². The topological polar surface area (TPSA) is 74.8 Å². The van der Waals surface area contributed by atoms with Crippen LogP contribution < -0.4 is 0 Å². The summed E-state index contributed by atoms with van der Waals surface area (Å²) in [6.07, 6.45) is 1.15. The molecule has 0 spiro atoms. The second-order valence-electron chi connectivity index (χ2n) is 7.32. The Morgan fingerprint density at radius 2 is 1.48 bits per heavy atom. The van der Waals surface area contributed by atoms with Gasteiger partial charge in [-0.15, -0.1) is 0 Å². The Bertz CT molecular complexity index is 1040. The predicted octanol–water partition coefficient (Wildman–Crippen LogP) is 2.28. The highest BCUT2D eigenvalue weighted by Gasteiger charge is 2.26. The fraction of sp³-hybridized carbons (Fsp3) is 0.333. The maximum atomic E-state index is 13.7. The van der Waals surface area contributed by atoms with Crippen molar-refractivity contribution in [2.75, 3.05) is 32.4 Å². The van der Waals surface area contributed by atoms with E-state index in [-0.39, 0.29) is 17.6 Å². The molecule has 1 saturated heterocycles. The first kappa shape index (κ1) is 21.0. The lowest BCUT2D eigenvalue weighted by Crippen LogP contribution is -2.50. The Kier molecular flexibility index (Phi) is 6.02. The number of hydrogen-bond acceptors (Lipinski definition) is 4. The summed E-state index contributed by atoms with van der Waals surface area (Å²) in [5.41, 5.74) is 1.76. The summed E-state index contributed by atoms with van der Waals surface area (Å²) in [5, 5.41) is 0. The first-order valence-electron chi connectivity index (χ1n) is 9.25. The first-order valence-corrected chi connectivity index (χ1v) is 11.3. The zero-order chi connectivity index (χ0) is 21.2. The fourth-order valence-electron chi connectivity index (χ4n) is 3.30. The van der Waals surface area contributed by atoms with Gasteiger partial charge < -0.3 is 9.80 Å². The van der Waals surface area contributed by atoms with Gasteiger partial charge in [-0.3, -0.25) is 9.59 Å². The maximum absolute atomic E-state index is 13.7. The van der Waals surface area contributed by atoms with Crippen molar-refractivity contribution >= 4 is 21.7 Å². The van der Waals surface area contributed by atoms with E-state index in [9.17, 15) is 22.4 Å². The van der Waals surface area contributed by atoms with Gasteiger partial charge in [-0.1, -0.05) is 18.2 Å². The zero-order valence-electron chi connectivity index (χ0n) is 16.4. The van der Waals surface area contributed by atoms with Crippen molar-refractivity contribution in [3.63, 3.8) is 0 Å². The van der Waals surface area contributed by atoms with E-state index in [1.165, 1.54) is 6.07 Å². The summed E-state index contributed by atoms with van der Waals surface area (Å²) >= 11 is 0. The highest BCUT2D eigenvalue weighted by Crippen LogP contribution is 2.16. The number of carbonyl (C=O) groups is 2. The number of benzene rings is 2. The van der Waals surface area contributed by atoms with Crippen LogP contribution in [0.2, 0.25) is 0 Å². The standard InChI is InChI=1S/C21H23FN2O4S/c1-15-6-7-18(13-19(15)22)21(26)24-10-8-23(9-11-24)20(25)17-5-3-4-16(12-17)14-29(2,27)28/h3-7,12-13H,8-11,14H2,1-2H3. The molecule has 29 heavy (non-hydrogen) atoms. The minimum atomic E-state index is -3.19. The molecule has 1 aliphatic rings. The molecule has 154 valence electrons. The van der Waals surface area contributed by atoms with Crippen molar-refractivity contribution in [2.24, 2.45) is 0 Å². The number of piperazine rings is 1. The van der Waals surface area contributed by atoms with E-state index >= 15 is 0 Å². The lowest BCUT2D eigenvalue weighted by Gasteiger charge is -2.35. The number of halogens is 1. The molecular formula is C21H23FN2O4S. The molecule has 2 amide bonds. The number of hydrogen-bond donors (Lipinski definition) is 0. The quantitative estimate of drug-likeness (QED) is 0.764. The van der Waals surface area contributed by atoms with Gasteiger partial charge in [0.1, 0.15) is 5.82 Å². The summed E-state index contributed by atoms with van der Waals surface area (Å²) in [7, 11) is -3.19. The summed E-state index contributed by atoms with van der Waals surface area (Å²) < 4.78 is 36.7. The molecule has 0 aliphatic carbocycles. The van der Waals surface area contributed by atoms with E-state index in [0.717, 1.165) is 6.26 Å². The van der Waals surface area contributed by atoms with E-state index in [0.29, 0.717) is 48.4 Å². The largest absolute Gasteiger partial charge is 0.335 e. The summed E-state index contributed by atoms with van der Waals surface area (Å²) in [6.45, 7) is 3.05. The van der Waals surface area contributed by atoms with Crippen molar-refractivity contribution in [3.8, 4) is 0 Å². The fourth-order valence-corrected chi connectivity index (χ4v) is 4.09. The van der Waals surface area contributed by atoms with E-state index < -0.39 is 15.7 Å². The van der Waals surface area contributed by atoms with Crippen LogP contribution in [0.15, 0.2) is 42.5 Å². The molecule has 0 radical (unpaired) electrons. The van der Waals surface area contributed by atoms with E-state index in [2.05, 4.69) is 0 Å². The van der Waals surface area contributed by atoms with Crippen LogP contribution >= 0.6 is 0 Å². The Morgan fingerprint density at radius 1 is 0.931 bits per heavy atom. The smallest absolute Gasteiger partial charge is 0.254 e. The summed E-state index contributed by atoms with van der Waals surface area (Å²) in [6, 6.07) is 11.0. The van der Waals surface area contributed by atoms with Crippen LogP contribution in [-0.4, -0.2) is 62.5 Å². The molecule has 2 aromatic rings. The molecule has 1 fully saturated rings. The lowest BCUT2D eigenvalue weighted by molar-refractivity contribution is 0.0535. The average Bonchev–Trinajstić information content (AvgIpc) is 2.68. The van der Waals surface area contributed by atoms with Crippen molar-refractivity contribution in [1.29, 1.82) is 0 Å². The van der Waals surface area contributed by atoms with Gasteiger partial charge >= 0.3 is 0 Å². The molecule has 0 aromatic heterocycles. The number of aryl methyl sites for hydroxylation is 1. The summed E-state index contributed by atoms with van der Waals surface area (Å²) in [5.74, 6) is -0.998. The Morgan fingerprint density at radius 3 is 2.00 bits per heavy atom. The van der Waals surface area contributed by atoms with Crippen LogP contribution in [0.25, 0.3) is 0 Å². The number of nitrogens with zero attached hydrogens (tertiary/aromatic N) is 2. The number of carbonyl (C=O) groups excluding carboxylic acids is 2. The third-order valence-electron chi connectivity index (χ3n) is 4.88. The molecule has 0 N–H and O–H groups in total. The predicted molar refractivity (Wildman–Crippen MR) is 108 cm³/mol. The van der Waals surface area contributed by atoms with Crippen LogP contribution in [0, 0.1) is 12.7 Å². The molecule has 2 aromatic carbocycles. The van der Waals surface area contributed by atoms with Crippen molar-refractivity contribution in [2.45, 2.75) is 12.7 Å². The molecule has 8 heteroatoms. The Labute approximate surface area is 169 Å². The van der Waals surface area contributed by atoms with Crippen molar-refractivity contribution in [3.05, 3.63) is 70.5 Å².